The maximum Gasteiger partial charge on any atom is 0.508 e. The van der Waals surface area contributed by atoms with Gasteiger partial charge in [-0.15, -0.1) is 0 Å². The second-order valence-corrected chi connectivity index (χ2v) is 4.96. The van der Waals surface area contributed by atoms with Crippen molar-refractivity contribution in [1.29, 1.82) is 0 Å². The molecule has 112 valence electrons. The zero-order valence-corrected chi connectivity index (χ0v) is 12.6. The van der Waals surface area contributed by atoms with Crippen LogP contribution in [0, 0.1) is 0 Å². The number of benzene rings is 1. The van der Waals surface area contributed by atoms with Crippen molar-refractivity contribution in [3.63, 3.8) is 0 Å². The van der Waals surface area contributed by atoms with Crippen molar-refractivity contribution in [1.82, 2.24) is 0 Å². The van der Waals surface area contributed by atoms with Gasteiger partial charge in [-0.1, -0.05) is 63.4 Å². The molecule has 0 saturated carbocycles. The summed E-state index contributed by atoms with van der Waals surface area (Å²) in [5.74, 6) is 0. The number of carbonyl (C=O) groups excluding carboxylic acids is 1. The van der Waals surface area contributed by atoms with Crippen LogP contribution in [0.2, 0.25) is 0 Å². The maximum atomic E-state index is 11.7. The Morgan fingerprint density at radius 2 is 1.75 bits per heavy atom. The van der Waals surface area contributed by atoms with Crippen molar-refractivity contribution in [2.75, 3.05) is 6.61 Å². The molecule has 0 amide bonds. The van der Waals surface area contributed by atoms with Gasteiger partial charge in [-0.25, -0.2) is 4.79 Å². The Labute approximate surface area is 122 Å². The summed E-state index contributed by atoms with van der Waals surface area (Å²) in [5, 5.41) is 0. The van der Waals surface area contributed by atoms with Gasteiger partial charge in [0.05, 0.1) is 6.61 Å². The third-order valence-electron chi connectivity index (χ3n) is 3.20. The third kappa shape index (κ3) is 6.60. The van der Waals surface area contributed by atoms with Gasteiger partial charge in [-0.2, -0.15) is 0 Å². The topological polar surface area (TPSA) is 35.5 Å². The molecular weight excluding hydrogens is 252 g/mol. The van der Waals surface area contributed by atoms with E-state index < -0.39 is 6.16 Å². The van der Waals surface area contributed by atoms with E-state index in [4.69, 9.17) is 9.47 Å². The smallest absolute Gasteiger partial charge is 0.434 e. The predicted octanol–water partition coefficient (Wildman–Crippen LogP) is 5.26. The van der Waals surface area contributed by atoms with Crippen molar-refractivity contribution < 1.29 is 14.3 Å². The van der Waals surface area contributed by atoms with Crippen molar-refractivity contribution in [2.45, 2.75) is 58.5 Å². The zero-order chi connectivity index (χ0) is 14.6. The fraction of sp³-hybridized carbons (Fsp3) is 0.588. The van der Waals surface area contributed by atoms with Crippen molar-refractivity contribution in [3.05, 3.63) is 35.9 Å². The molecule has 0 aliphatic carbocycles. The minimum Gasteiger partial charge on any atom is -0.434 e. The van der Waals surface area contributed by atoms with Crippen LogP contribution in [0.25, 0.3) is 0 Å². The van der Waals surface area contributed by atoms with Crippen molar-refractivity contribution >= 4 is 6.16 Å². The van der Waals surface area contributed by atoms with E-state index in [2.05, 4.69) is 13.8 Å². The minimum absolute atomic E-state index is 0.197. The van der Waals surface area contributed by atoms with Gasteiger partial charge in [0.15, 0.2) is 0 Å². The summed E-state index contributed by atoms with van der Waals surface area (Å²) >= 11 is 0. The van der Waals surface area contributed by atoms with Crippen LogP contribution < -0.4 is 0 Å². The van der Waals surface area contributed by atoms with E-state index in [0.29, 0.717) is 6.61 Å². The molecule has 3 nitrogen and oxygen atoms in total. The largest absolute Gasteiger partial charge is 0.508 e. The first-order chi connectivity index (χ1) is 9.77. The highest BCUT2D eigenvalue weighted by Crippen LogP contribution is 2.24. The summed E-state index contributed by atoms with van der Waals surface area (Å²) in [4.78, 5) is 11.7. The Hall–Kier alpha value is -1.51. The highest BCUT2D eigenvalue weighted by molar-refractivity contribution is 5.60. The number of hydrogen-bond acceptors (Lipinski definition) is 3. The molecule has 0 saturated heterocycles. The van der Waals surface area contributed by atoms with Gasteiger partial charge in [0.2, 0.25) is 0 Å². The van der Waals surface area contributed by atoms with Gasteiger partial charge in [-0.05, 0) is 24.8 Å². The molecule has 0 bridgehead atoms. The first-order valence-corrected chi connectivity index (χ1v) is 7.66. The minimum atomic E-state index is -0.552. The molecule has 1 rings (SSSR count). The lowest BCUT2D eigenvalue weighted by Crippen LogP contribution is -2.13. The number of carbonyl (C=O) groups is 1. The molecule has 0 aliphatic heterocycles. The van der Waals surface area contributed by atoms with E-state index >= 15 is 0 Å². The normalized spacial score (nSPS) is 11.9. The van der Waals surface area contributed by atoms with Gasteiger partial charge in [0.25, 0.3) is 0 Å². The lowest BCUT2D eigenvalue weighted by atomic mass is 10.0. The second-order valence-electron chi connectivity index (χ2n) is 4.96. The molecule has 0 radical (unpaired) electrons. The van der Waals surface area contributed by atoms with Crippen molar-refractivity contribution in [2.24, 2.45) is 0 Å². The summed E-state index contributed by atoms with van der Waals surface area (Å²) in [6, 6.07) is 9.89. The van der Waals surface area contributed by atoms with E-state index in [9.17, 15) is 4.79 Å². The molecule has 0 aromatic heterocycles. The van der Waals surface area contributed by atoms with E-state index in [-0.39, 0.29) is 6.10 Å². The Kier molecular flexibility index (Phi) is 8.52. The summed E-state index contributed by atoms with van der Waals surface area (Å²) < 4.78 is 10.5. The van der Waals surface area contributed by atoms with E-state index in [1.165, 1.54) is 0 Å². The number of rotatable bonds is 9. The molecule has 0 heterocycles. The van der Waals surface area contributed by atoms with Crippen LogP contribution in [-0.2, 0) is 9.47 Å². The maximum absolute atomic E-state index is 11.7. The van der Waals surface area contributed by atoms with Crippen molar-refractivity contribution in [3.8, 4) is 0 Å². The SMILES string of the molecule is CCCCCC(OC(=O)OCCCC)c1ccccc1. The average molecular weight is 278 g/mol. The summed E-state index contributed by atoms with van der Waals surface area (Å²) in [5.41, 5.74) is 1.04. The van der Waals surface area contributed by atoms with Crippen LogP contribution in [0.15, 0.2) is 30.3 Å². The zero-order valence-electron chi connectivity index (χ0n) is 12.6. The molecule has 1 aromatic rings. The molecule has 20 heavy (non-hydrogen) atoms. The predicted molar refractivity (Wildman–Crippen MR) is 80.7 cm³/mol. The Bertz CT molecular complexity index is 362. The van der Waals surface area contributed by atoms with Gasteiger partial charge in [0.1, 0.15) is 6.10 Å². The number of ether oxygens (including phenoxy) is 2. The Morgan fingerprint density at radius 1 is 1.05 bits per heavy atom. The number of unbranched alkanes of at least 4 members (excludes halogenated alkanes) is 3. The quantitative estimate of drug-likeness (QED) is 0.456. The van der Waals surface area contributed by atoms with E-state index in [1.807, 2.05) is 30.3 Å². The van der Waals surface area contributed by atoms with Crippen LogP contribution in [0.4, 0.5) is 4.79 Å². The third-order valence-corrected chi connectivity index (χ3v) is 3.20. The van der Waals surface area contributed by atoms with Crippen LogP contribution in [0.1, 0.15) is 64.0 Å². The Balaban J connectivity index is 2.52. The van der Waals surface area contributed by atoms with Gasteiger partial charge in [0, 0.05) is 0 Å². The fourth-order valence-electron chi connectivity index (χ4n) is 1.99. The molecule has 0 aliphatic rings. The van der Waals surface area contributed by atoms with Crippen LogP contribution >= 0.6 is 0 Å². The average Bonchev–Trinajstić information content (AvgIpc) is 2.47. The lowest BCUT2D eigenvalue weighted by molar-refractivity contribution is 0.0185. The monoisotopic (exact) mass is 278 g/mol. The van der Waals surface area contributed by atoms with Gasteiger partial charge in [-0.3, -0.25) is 0 Å². The van der Waals surface area contributed by atoms with Crippen LogP contribution in [-0.4, -0.2) is 12.8 Å². The van der Waals surface area contributed by atoms with Crippen LogP contribution in [0.3, 0.4) is 0 Å². The molecule has 3 heteroatoms. The molecule has 1 aromatic carbocycles. The highest BCUT2D eigenvalue weighted by atomic mass is 16.7. The summed E-state index contributed by atoms with van der Waals surface area (Å²) in [6.45, 7) is 4.66. The lowest BCUT2D eigenvalue weighted by Gasteiger charge is -2.18. The first kappa shape index (κ1) is 16.5. The molecule has 0 spiro atoms. The fourth-order valence-corrected chi connectivity index (χ4v) is 1.99. The van der Waals surface area contributed by atoms with Gasteiger partial charge >= 0.3 is 6.16 Å². The second kappa shape index (κ2) is 10.3. The molecular formula is C17H26O3. The van der Waals surface area contributed by atoms with Gasteiger partial charge < -0.3 is 9.47 Å². The number of hydrogen-bond donors (Lipinski definition) is 0. The molecule has 0 fully saturated rings. The standard InChI is InChI=1S/C17H26O3/c1-3-5-8-13-16(15-11-9-7-10-12-15)20-17(18)19-14-6-4-2/h7,9-12,16H,3-6,8,13-14H2,1-2H3. The van der Waals surface area contributed by atoms with Crippen LogP contribution in [0.5, 0.6) is 0 Å². The highest BCUT2D eigenvalue weighted by Gasteiger charge is 2.17. The van der Waals surface area contributed by atoms with E-state index in [0.717, 1.165) is 44.1 Å². The summed E-state index contributed by atoms with van der Waals surface area (Å²) in [6.07, 6.45) is 5.34. The molecule has 1 atom stereocenters. The molecule has 1 unspecified atom stereocenters. The first-order valence-electron chi connectivity index (χ1n) is 7.66. The molecule has 0 N–H and O–H groups in total. The van der Waals surface area contributed by atoms with E-state index in [1.54, 1.807) is 0 Å². The Morgan fingerprint density at radius 3 is 2.40 bits per heavy atom. The summed E-state index contributed by atoms with van der Waals surface area (Å²) in [7, 11) is 0.